The van der Waals surface area contributed by atoms with Gasteiger partial charge in [0.05, 0.1) is 11.3 Å². The van der Waals surface area contributed by atoms with Crippen LogP contribution in [0.5, 0.6) is 0 Å². The van der Waals surface area contributed by atoms with Crippen molar-refractivity contribution in [2.24, 2.45) is 0 Å². The van der Waals surface area contributed by atoms with Crippen LogP contribution in [-0.2, 0) is 10.4 Å². The summed E-state index contributed by atoms with van der Waals surface area (Å²) in [4.78, 5) is 30.5. The Kier molecular flexibility index (Phi) is 3.78. The fraction of sp³-hybridized carbons (Fsp3) is 0.200. The highest BCUT2D eigenvalue weighted by Gasteiger charge is 2.45. The highest BCUT2D eigenvalue weighted by atomic mass is 32.1. The lowest BCUT2D eigenvalue weighted by Gasteiger charge is -2.21. The summed E-state index contributed by atoms with van der Waals surface area (Å²) in [7, 11) is 1.71. The van der Waals surface area contributed by atoms with Crippen molar-refractivity contribution < 1.29 is 9.90 Å². The molecular formula is C20H17N5O2S. The van der Waals surface area contributed by atoms with Crippen molar-refractivity contribution in [1.82, 2.24) is 24.8 Å². The molecule has 1 amide bonds. The van der Waals surface area contributed by atoms with Gasteiger partial charge in [0.2, 0.25) is 0 Å². The Labute approximate surface area is 164 Å². The van der Waals surface area contributed by atoms with Gasteiger partial charge in [-0.2, -0.15) is 0 Å². The van der Waals surface area contributed by atoms with Crippen LogP contribution in [0.4, 0.5) is 0 Å². The number of H-pyrrole nitrogens is 1. The van der Waals surface area contributed by atoms with Gasteiger partial charge in [-0.1, -0.05) is 18.2 Å². The number of nitrogens with zero attached hydrogens (tertiary/aromatic N) is 4. The van der Waals surface area contributed by atoms with Gasteiger partial charge in [-0.3, -0.25) is 9.78 Å². The van der Waals surface area contributed by atoms with E-state index in [2.05, 4.69) is 15.0 Å². The first kappa shape index (κ1) is 17.0. The molecule has 2 N–H and O–H groups in total. The second-order valence-electron chi connectivity index (χ2n) is 6.91. The van der Waals surface area contributed by atoms with Gasteiger partial charge in [-0.15, -0.1) is 11.3 Å². The third-order valence-corrected chi connectivity index (χ3v) is 6.06. The fourth-order valence-corrected chi connectivity index (χ4v) is 4.45. The highest BCUT2D eigenvalue weighted by molar-refractivity contribution is 7.13. The normalized spacial score (nSPS) is 19.6. The molecule has 0 unspecified atom stereocenters. The Bertz CT molecular complexity index is 1200. The van der Waals surface area contributed by atoms with Gasteiger partial charge in [0, 0.05) is 49.5 Å². The van der Waals surface area contributed by atoms with E-state index >= 15 is 0 Å². The van der Waals surface area contributed by atoms with Crippen LogP contribution < -0.4 is 0 Å². The number of aromatic nitrogens is 4. The fourth-order valence-electron chi connectivity index (χ4n) is 3.60. The van der Waals surface area contributed by atoms with E-state index in [0.29, 0.717) is 18.5 Å². The molecule has 0 saturated carbocycles. The molecule has 7 nitrogen and oxygen atoms in total. The summed E-state index contributed by atoms with van der Waals surface area (Å²) < 4.78 is 0. The van der Waals surface area contributed by atoms with E-state index < -0.39 is 5.60 Å². The molecule has 1 aliphatic heterocycles. The number of amides is 1. The second-order valence-corrected chi connectivity index (χ2v) is 7.77. The van der Waals surface area contributed by atoms with Crippen molar-refractivity contribution in [1.29, 1.82) is 0 Å². The Balaban J connectivity index is 1.52. The molecule has 0 aliphatic carbocycles. The molecule has 5 rings (SSSR count). The third kappa shape index (κ3) is 2.53. The van der Waals surface area contributed by atoms with Gasteiger partial charge in [0.25, 0.3) is 5.91 Å². The lowest BCUT2D eigenvalue weighted by Crippen LogP contribution is -2.36. The number of fused-ring (bicyclic) bond motifs is 1. The maximum Gasteiger partial charge on any atom is 0.258 e. The molecule has 1 fully saturated rings. The van der Waals surface area contributed by atoms with Gasteiger partial charge in [0.1, 0.15) is 10.5 Å². The van der Waals surface area contributed by atoms with Crippen LogP contribution in [0.3, 0.4) is 0 Å². The molecule has 0 spiro atoms. The summed E-state index contributed by atoms with van der Waals surface area (Å²) in [5.74, 6) is -0.263. The number of thiazole rings is 1. The first-order chi connectivity index (χ1) is 13.6. The van der Waals surface area contributed by atoms with Crippen molar-refractivity contribution in [2.75, 3.05) is 13.6 Å². The van der Waals surface area contributed by atoms with Crippen LogP contribution >= 0.6 is 11.3 Å². The monoisotopic (exact) mass is 391 g/mol. The van der Waals surface area contributed by atoms with E-state index in [4.69, 9.17) is 4.98 Å². The van der Waals surface area contributed by atoms with E-state index in [1.54, 1.807) is 30.4 Å². The molecule has 4 heterocycles. The van der Waals surface area contributed by atoms with Crippen molar-refractivity contribution in [3.8, 4) is 21.8 Å². The van der Waals surface area contributed by atoms with Crippen LogP contribution in [0.2, 0.25) is 0 Å². The average Bonchev–Trinajstić information content (AvgIpc) is 3.43. The minimum Gasteiger partial charge on any atom is -0.375 e. The van der Waals surface area contributed by atoms with Crippen LogP contribution in [0.15, 0.2) is 48.2 Å². The van der Waals surface area contributed by atoms with Gasteiger partial charge >= 0.3 is 0 Å². The number of rotatable bonds is 3. The molecule has 1 aromatic carbocycles. The summed E-state index contributed by atoms with van der Waals surface area (Å²) in [6.07, 6.45) is 5.56. The molecule has 28 heavy (non-hydrogen) atoms. The number of hydrogen-bond donors (Lipinski definition) is 2. The molecule has 1 atom stereocenters. The number of likely N-dealkylation sites (N-methyl/N-ethyl adjacent to an activating group) is 1. The van der Waals surface area contributed by atoms with Crippen molar-refractivity contribution in [2.45, 2.75) is 12.0 Å². The number of carbonyl (C=O) groups excluding carboxylic acids is 1. The number of aromatic amines is 1. The van der Waals surface area contributed by atoms with Crippen LogP contribution in [0.25, 0.3) is 33.0 Å². The Hall–Kier alpha value is -3.10. The number of likely N-dealkylation sites (tertiary alicyclic amines) is 1. The Morgan fingerprint density at radius 2 is 2.14 bits per heavy atom. The zero-order valence-electron chi connectivity index (χ0n) is 15.1. The minimum atomic E-state index is -1.46. The topological polar surface area (TPSA) is 95.0 Å². The molecule has 0 radical (unpaired) electrons. The van der Waals surface area contributed by atoms with Gasteiger partial charge in [-0.25, -0.2) is 9.97 Å². The quantitative estimate of drug-likeness (QED) is 0.560. The Morgan fingerprint density at radius 3 is 2.96 bits per heavy atom. The molecule has 140 valence electrons. The van der Waals surface area contributed by atoms with Crippen LogP contribution in [0.1, 0.15) is 12.0 Å². The van der Waals surface area contributed by atoms with Gasteiger partial charge in [0.15, 0.2) is 11.2 Å². The maximum atomic E-state index is 12.4. The van der Waals surface area contributed by atoms with Crippen LogP contribution in [0, 0.1) is 0 Å². The molecule has 1 aliphatic rings. The molecule has 8 heteroatoms. The predicted molar refractivity (Wildman–Crippen MR) is 107 cm³/mol. The van der Waals surface area contributed by atoms with Gasteiger partial charge in [-0.05, 0) is 11.6 Å². The van der Waals surface area contributed by atoms with E-state index in [1.807, 2.05) is 29.8 Å². The highest BCUT2D eigenvalue weighted by Crippen LogP contribution is 2.36. The van der Waals surface area contributed by atoms with E-state index in [-0.39, 0.29) is 5.91 Å². The zero-order chi connectivity index (χ0) is 19.3. The van der Waals surface area contributed by atoms with Gasteiger partial charge < -0.3 is 15.0 Å². The molecule has 4 aromatic rings. The summed E-state index contributed by atoms with van der Waals surface area (Å²) >= 11 is 1.52. The lowest BCUT2D eigenvalue weighted by molar-refractivity contribution is -0.143. The summed E-state index contributed by atoms with van der Waals surface area (Å²) in [6, 6.07) is 7.43. The average molecular weight is 391 g/mol. The zero-order valence-corrected chi connectivity index (χ0v) is 15.9. The third-order valence-electron chi connectivity index (χ3n) is 5.19. The Morgan fingerprint density at radius 1 is 1.29 bits per heavy atom. The minimum absolute atomic E-state index is 0.263. The van der Waals surface area contributed by atoms with Crippen molar-refractivity contribution in [3.05, 3.63) is 53.8 Å². The molecule has 3 aromatic heterocycles. The standard InChI is InChI=1S/C20H17N5O2S/c1-25-8-5-20(27,19(25)26)13-4-2-3-12(9-13)15-11-28-18(24-15)14-10-23-17-16(14)21-6-7-22-17/h2-4,6-7,9-11,27H,5,8H2,1H3,(H,22,23)/t20-/m0/s1. The number of nitrogens with one attached hydrogen (secondary N) is 1. The number of carbonyl (C=O) groups is 1. The molecule has 1 saturated heterocycles. The van der Waals surface area contributed by atoms with E-state index in [1.165, 1.54) is 11.3 Å². The first-order valence-electron chi connectivity index (χ1n) is 8.89. The van der Waals surface area contributed by atoms with E-state index in [9.17, 15) is 9.90 Å². The van der Waals surface area contributed by atoms with Crippen molar-refractivity contribution in [3.63, 3.8) is 0 Å². The summed E-state index contributed by atoms with van der Waals surface area (Å²) in [5.41, 5.74) is 3.21. The molecule has 0 bridgehead atoms. The SMILES string of the molecule is CN1CC[C@](O)(c2cccc(-c3csc(-c4c[nH]c5nccnc45)n3)c2)C1=O. The summed E-state index contributed by atoms with van der Waals surface area (Å²) in [5, 5.41) is 13.7. The summed E-state index contributed by atoms with van der Waals surface area (Å²) in [6.45, 7) is 0.544. The maximum absolute atomic E-state index is 12.4. The number of aliphatic hydroxyl groups is 1. The number of hydrogen-bond acceptors (Lipinski definition) is 6. The smallest absolute Gasteiger partial charge is 0.258 e. The first-order valence-corrected chi connectivity index (χ1v) is 9.77. The predicted octanol–water partition coefficient (Wildman–Crippen LogP) is 2.80. The van der Waals surface area contributed by atoms with Crippen molar-refractivity contribution >= 4 is 28.4 Å². The second kappa shape index (κ2) is 6.22. The largest absolute Gasteiger partial charge is 0.375 e. The van der Waals surface area contributed by atoms with E-state index in [0.717, 1.165) is 33.0 Å². The van der Waals surface area contributed by atoms with Crippen LogP contribution in [-0.4, -0.2) is 49.4 Å². The number of benzene rings is 1. The molecular weight excluding hydrogens is 374 g/mol. The lowest BCUT2D eigenvalue weighted by atomic mass is 9.90.